The summed E-state index contributed by atoms with van der Waals surface area (Å²) < 4.78 is 26.6. The van der Waals surface area contributed by atoms with E-state index < -0.39 is 10.0 Å². The summed E-state index contributed by atoms with van der Waals surface area (Å²) in [5.74, 6) is -0.227. The van der Waals surface area contributed by atoms with E-state index >= 15 is 0 Å². The van der Waals surface area contributed by atoms with Gasteiger partial charge in [0.15, 0.2) is 0 Å². The summed E-state index contributed by atoms with van der Waals surface area (Å²) in [5.41, 5.74) is 0. The number of amides is 1. The molecule has 0 saturated heterocycles. The van der Waals surface area contributed by atoms with Gasteiger partial charge in [-0.05, 0) is 25.0 Å². The summed E-state index contributed by atoms with van der Waals surface area (Å²) in [5, 5.41) is 0.136. The van der Waals surface area contributed by atoms with E-state index in [0.29, 0.717) is 13.1 Å². The number of sulfonamides is 1. The van der Waals surface area contributed by atoms with Gasteiger partial charge in [0, 0.05) is 13.1 Å². The van der Waals surface area contributed by atoms with Gasteiger partial charge in [-0.2, -0.15) is 0 Å². The van der Waals surface area contributed by atoms with E-state index in [-0.39, 0.29) is 22.4 Å². The van der Waals surface area contributed by atoms with E-state index in [1.165, 1.54) is 12.1 Å². The third-order valence-electron chi connectivity index (χ3n) is 2.88. The second-order valence-corrected chi connectivity index (χ2v) is 6.78. The van der Waals surface area contributed by atoms with E-state index in [1.54, 1.807) is 17.0 Å². The van der Waals surface area contributed by atoms with Crippen LogP contribution in [0.15, 0.2) is 29.2 Å². The molecule has 0 bridgehead atoms. The number of halogens is 1. The minimum atomic E-state index is -3.78. The molecule has 1 aromatic carbocycles. The highest BCUT2D eigenvalue weighted by Gasteiger charge is 2.20. The first-order chi connectivity index (χ1) is 9.92. The summed E-state index contributed by atoms with van der Waals surface area (Å²) in [6.45, 7) is 4.95. The van der Waals surface area contributed by atoms with Gasteiger partial charge < -0.3 is 4.90 Å². The van der Waals surface area contributed by atoms with Gasteiger partial charge in [-0.15, -0.1) is 0 Å². The van der Waals surface area contributed by atoms with Crippen molar-refractivity contribution >= 4 is 27.5 Å². The van der Waals surface area contributed by atoms with Crippen molar-refractivity contribution < 1.29 is 13.2 Å². The quantitative estimate of drug-likeness (QED) is 0.794. The van der Waals surface area contributed by atoms with Crippen LogP contribution in [0.2, 0.25) is 5.02 Å². The van der Waals surface area contributed by atoms with Gasteiger partial charge in [0.25, 0.3) is 0 Å². The Morgan fingerprint density at radius 3 is 2.29 bits per heavy atom. The fourth-order valence-corrected chi connectivity index (χ4v) is 3.40. The molecule has 0 fully saturated rings. The van der Waals surface area contributed by atoms with Crippen LogP contribution in [0.4, 0.5) is 0 Å². The number of nitrogens with zero attached hydrogens (tertiary/aromatic N) is 1. The van der Waals surface area contributed by atoms with Crippen LogP contribution in [-0.4, -0.2) is 38.9 Å². The van der Waals surface area contributed by atoms with Crippen LogP contribution in [0.5, 0.6) is 0 Å². The highest BCUT2D eigenvalue weighted by Crippen LogP contribution is 2.19. The second kappa shape index (κ2) is 8.36. The van der Waals surface area contributed by atoms with Gasteiger partial charge in [0.1, 0.15) is 4.90 Å². The van der Waals surface area contributed by atoms with Gasteiger partial charge in [-0.1, -0.05) is 37.6 Å². The molecule has 21 heavy (non-hydrogen) atoms. The Kier molecular flexibility index (Phi) is 7.14. The van der Waals surface area contributed by atoms with Gasteiger partial charge in [0.05, 0.1) is 11.6 Å². The lowest BCUT2D eigenvalue weighted by molar-refractivity contribution is -0.130. The molecule has 0 radical (unpaired) electrons. The fraction of sp³-hybridized carbons (Fsp3) is 0.500. The Morgan fingerprint density at radius 2 is 1.76 bits per heavy atom. The number of nitrogens with one attached hydrogen (secondary N) is 1. The third-order valence-corrected chi connectivity index (χ3v) is 4.78. The van der Waals surface area contributed by atoms with Gasteiger partial charge in [0.2, 0.25) is 15.9 Å². The number of carbonyl (C=O) groups excluding carboxylic acids is 1. The first-order valence-electron chi connectivity index (χ1n) is 6.94. The second-order valence-electron chi connectivity index (χ2n) is 4.64. The minimum absolute atomic E-state index is 0.0167. The molecule has 1 N–H and O–H groups in total. The molecule has 0 aromatic heterocycles. The third kappa shape index (κ3) is 5.30. The molecule has 1 rings (SSSR count). The summed E-state index contributed by atoms with van der Waals surface area (Å²) in [7, 11) is -3.78. The van der Waals surface area contributed by atoms with Crippen LogP contribution in [0, 0.1) is 0 Å². The molecule has 0 unspecified atom stereocenters. The van der Waals surface area contributed by atoms with Crippen molar-refractivity contribution in [1.82, 2.24) is 9.62 Å². The Morgan fingerprint density at radius 1 is 1.19 bits per heavy atom. The fourth-order valence-electron chi connectivity index (χ4n) is 1.91. The molecular formula is C14H21ClN2O3S. The first kappa shape index (κ1) is 17.9. The lowest BCUT2D eigenvalue weighted by Gasteiger charge is -2.21. The zero-order valence-electron chi connectivity index (χ0n) is 12.3. The van der Waals surface area contributed by atoms with Crippen LogP contribution >= 0.6 is 11.6 Å². The van der Waals surface area contributed by atoms with Crippen LogP contribution in [0.1, 0.15) is 26.7 Å². The number of hydrogen-bond acceptors (Lipinski definition) is 3. The molecule has 5 nitrogen and oxygen atoms in total. The molecule has 0 heterocycles. The van der Waals surface area contributed by atoms with Crippen molar-refractivity contribution in [2.75, 3.05) is 19.6 Å². The molecule has 0 aliphatic heterocycles. The largest absolute Gasteiger partial charge is 0.342 e. The van der Waals surface area contributed by atoms with Crippen molar-refractivity contribution in [3.63, 3.8) is 0 Å². The SMILES string of the molecule is CCCN(CCC)C(=O)CNS(=O)(=O)c1ccccc1Cl. The lowest BCUT2D eigenvalue weighted by Crippen LogP contribution is -2.40. The number of rotatable bonds is 8. The monoisotopic (exact) mass is 332 g/mol. The summed E-state index contributed by atoms with van der Waals surface area (Å²) in [6, 6.07) is 6.14. The van der Waals surface area contributed by atoms with Crippen LogP contribution in [0.25, 0.3) is 0 Å². The van der Waals surface area contributed by atoms with Gasteiger partial charge >= 0.3 is 0 Å². The molecule has 7 heteroatoms. The summed E-state index contributed by atoms with van der Waals surface area (Å²) in [6.07, 6.45) is 1.67. The zero-order chi connectivity index (χ0) is 15.9. The zero-order valence-corrected chi connectivity index (χ0v) is 13.9. The first-order valence-corrected chi connectivity index (χ1v) is 8.80. The van der Waals surface area contributed by atoms with Gasteiger partial charge in [-0.3, -0.25) is 4.79 Å². The Labute approximate surface area is 131 Å². The maximum Gasteiger partial charge on any atom is 0.242 e. The maximum absolute atomic E-state index is 12.1. The van der Waals surface area contributed by atoms with Crippen LogP contribution < -0.4 is 4.72 Å². The Bertz CT molecular complexity index is 569. The smallest absolute Gasteiger partial charge is 0.242 e. The van der Waals surface area contributed by atoms with Crippen molar-refractivity contribution in [3.05, 3.63) is 29.3 Å². The molecule has 0 aliphatic carbocycles. The van der Waals surface area contributed by atoms with Gasteiger partial charge in [-0.25, -0.2) is 13.1 Å². The summed E-state index contributed by atoms with van der Waals surface area (Å²) >= 11 is 5.87. The Hall–Kier alpha value is -1.11. The van der Waals surface area contributed by atoms with Crippen LogP contribution in [-0.2, 0) is 14.8 Å². The lowest BCUT2D eigenvalue weighted by atomic mass is 10.3. The van der Waals surface area contributed by atoms with Crippen molar-refractivity contribution in [2.24, 2.45) is 0 Å². The van der Waals surface area contributed by atoms with Crippen LogP contribution in [0.3, 0.4) is 0 Å². The molecule has 0 spiro atoms. The molecule has 1 aromatic rings. The summed E-state index contributed by atoms with van der Waals surface area (Å²) in [4.78, 5) is 13.7. The van der Waals surface area contributed by atoms with E-state index in [0.717, 1.165) is 12.8 Å². The normalized spacial score (nSPS) is 11.4. The molecule has 0 aliphatic rings. The molecule has 1 amide bonds. The van der Waals surface area contributed by atoms with E-state index in [9.17, 15) is 13.2 Å². The van der Waals surface area contributed by atoms with Crippen molar-refractivity contribution in [1.29, 1.82) is 0 Å². The molecule has 0 saturated carbocycles. The number of carbonyl (C=O) groups is 1. The number of hydrogen-bond donors (Lipinski definition) is 1. The predicted octanol–water partition coefficient (Wildman–Crippen LogP) is 2.27. The maximum atomic E-state index is 12.1. The van der Waals surface area contributed by atoms with Crippen molar-refractivity contribution in [2.45, 2.75) is 31.6 Å². The van der Waals surface area contributed by atoms with E-state index in [2.05, 4.69) is 4.72 Å². The standard InChI is InChI=1S/C14H21ClN2O3S/c1-3-9-17(10-4-2)14(18)11-16-21(19,20)13-8-6-5-7-12(13)15/h5-8,16H,3-4,9-11H2,1-2H3. The molecule has 0 atom stereocenters. The average molecular weight is 333 g/mol. The molecular weight excluding hydrogens is 312 g/mol. The average Bonchev–Trinajstić information content (AvgIpc) is 2.45. The number of benzene rings is 1. The topological polar surface area (TPSA) is 66.5 Å². The highest BCUT2D eigenvalue weighted by atomic mass is 35.5. The predicted molar refractivity (Wildman–Crippen MR) is 83.8 cm³/mol. The van der Waals surface area contributed by atoms with E-state index in [1.807, 2.05) is 13.8 Å². The molecule has 118 valence electrons. The highest BCUT2D eigenvalue weighted by molar-refractivity contribution is 7.89. The Balaban J connectivity index is 2.73. The van der Waals surface area contributed by atoms with E-state index in [4.69, 9.17) is 11.6 Å². The minimum Gasteiger partial charge on any atom is -0.342 e. The van der Waals surface area contributed by atoms with Crippen molar-refractivity contribution in [3.8, 4) is 0 Å².